The zero-order valence-corrected chi connectivity index (χ0v) is 4.69. The predicted octanol–water partition coefficient (Wildman–Crippen LogP) is 2.44. The van der Waals surface area contributed by atoms with Crippen LogP contribution in [0, 0.1) is 11.8 Å². The van der Waals surface area contributed by atoms with Crippen LogP contribution in [0.15, 0.2) is 0 Å². The van der Waals surface area contributed by atoms with Crippen molar-refractivity contribution in [1.82, 2.24) is 0 Å². The van der Waals surface area contributed by atoms with Crippen molar-refractivity contribution in [3.8, 4) is 0 Å². The minimum Gasteiger partial charge on any atom is -0.0502 e. The Hall–Kier alpha value is 0. The topological polar surface area (TPSA) is 0 Å². The van der Waals surface area contributed by atoms with Gasteiger partial charge >= 0.3 is 0 Å². The van der Waals surface area contributed by atoms with Crippen molar-refractivity contribution in [2.45, 2.75) is 32.1 Å². The van der Waals surface area contributed by atoms with Gasteiger partial charge in [-0.3, -0.25) is 0 Å². The Bertz CT molecular complexity index is 62.5. The molecule has 0 aliphatic heterocycles. The summed E-state index contributed by atoms with van der Waals surface area (Å²) in [4.78, 5) is 0. The summed E-state index contributed by atoms with van der Waals surface area (Å²) in [5.74, 6) is 2.34. The quantitative estimate of drug-likeness (QED) is 0.437. The van der Waals surface area contributed by atoms with E-state index in [0.29, 0.717) is 0 Å². The van der Waals surface area contributed by atoms with E-state index in [1.54, 1.807) is 32.1 Å². The van der Waals surface area contributed by atoms with Crippen LogP contribution in [0.3, 0.4) is 0 Å². The van der Waals surface area contributed by atoms with Gasteiger partial charge in [-0.05, 0) is 18.3 Å². The lowest BCUT2D eigenvalue weighted by Crippen LogP contribution is -1.90. The molecule has 0 heteroatoms. The van der Waals surface area contributed by atoms with Crippen LogP contribution in [0.2, 0.25) is 0 Å². The second-order valence-electron chi connectivity index (χ2n) is 3.12. The molecule has 0 spiro atoms. The second-order valence-corrected chi connectivity index (χ2v) is 3.12. The summed E-state index contributed by atoms with van der Waals surface area (Å²) < 4.78 is 0. The molecule has 0 heterocycles. The third kappa shape index (κ3) is 0.490. The first-order chi connectivity index (χ1) is 3.45. The average Bonchev–Trinajstić information content (AvgIpc) is 2.22. The van der Waals surface area contributed by atoms with E-state index in [0.717, 1.165) is 0 Å². The van der Waals surface area contributed by atoms with Crippen LogP contribution in [0.1, 0.15) is 33.5 Å². The van der Waals surface area contributed by atoms with Crippen molar-refractivity contribution in [1.29, 1.82) is 0 Å². The highest BCUT2D eigenvalue weighted by atomic mass is 14.4. The molecule has 0 atom stereocenters. The number of fused-ring (bicyclic) bond motifs is 2. The fraction of sp³-hybridized carbons (Fsp3) is 1.00. The van der Waals surface area contributed by atoms with Crippen LogP contribution in [0.5, 0.6) is 0 Å². The van der Waals surface area contributed by atoms with Crippen molar-refractivity contribution in [3.63, 3.8) is 0 Å². The van der Waals surface area contributed by atoms with Gasteiger partial charge in [0, 0.05) is 1.43 Å². The molecule has 0 aromatic rings. The molecule has 2 bridgehead atoms. The van der Waals surface area contributed by atoms with Gasteiger partial charge in [-0.15, -0.1) is 0 Å². The largest absolute Gasteiger partial charge is 0.0502 e. The SMILES string of the molecule is C1CC2CCC1C2.[2HH]. The van der Waals surface area contributed by atoms with Crippen molar-refractivity contribution in [2.75, 3.05) is 0 Å². The Morgan fingerprint density at radius 1 is 0.857 bits per heavy atom. The van der Waals surface area contributed by atoms with Crippen LogP contribution in [0.25, 0.3) is 0 Å². The van der Waals surface area contributed by atoms with E-state index in [2.05, 4.69) is 0 Å². The molecular weight excluding hydrogens is 84.1 g/mol. The van der Waals surface area contributed by atoms with Crippen LogP contribution >= 0.6 is 0 Å². The highest BCUT2D eigenvalue weighted by Crippen LogP contribution is 2.43. The minimum atomic E-state index is 0. The summed E-state index contributed by atoms with van der Waals surface area (Å²) in [5.41, 5.74) is 0. The summed E-state index contributed by atoms with van der Waals surface area (Å²) in [6, 6.07) is 0. The highest BCUT2D eigenvalue weighted by Gasteiger charge is 2.30. The molecule has 2 aliphatic carbocycles. The Balaban J connectivity index is 0.000000320. The highest BCUT2D eigenvalue weighted by molar-refractivity contribution is 4.82. The Morgan fingerprint density at radius 2 is 1.29 bits per heavy atom. The molecular formula is C7H14. The lowest BCUT2D eigenvalue weighted by Gasteiger charge is -2.05. The number of hydrogen-bond donors (Lipinski definition) is 0. The third-order valence-corrected chi connectivity index (χ3v) is 2.63. The summed E-state index contributed by atoms with van der Waals surface area (Å²) in [6.07, 6.45) is 7.82. The molecule has 2 fully saturated rings. The summed E-state index contributed by atoms with van der Waals surface area (Å²) >= 11 is 0. The standard InChI is InChI=1S/C7H12.H2/c1-2-7-4-3-6(1)5-7;/h6-7H,1-5H2;1H/i;1+1. The Labute approximate surface area is 46.4 Å². The lowest BCUT2D eigenvalue weighted by molar-refractivity contribution is 0.480. The maximum Gasteiger partial charge on any atom is 0 e. The van der Waals surface area contributed by atoms with E-state index >= 15 is 0 Å². The molecule has 0 aromatic heterocycles. The Kier molecular flexibility index (Phi) is 0.697. The summed E-state index contributed by atoms with van der Waals surface area (Å²) in [6.45, 7) is 0. The van der Waals surface area contributed by atoms with E-state index in [9.17, 15) is 0 Å². The molecule has 0 aromatic carbocycles. The molecule has 2 rings (SSSR count). The molecule has 0 unspecified atom stereocenters. The van der Waals surface area contributed by atoms with E-state index in [-0.39, 0.29) is 1.43 Å². The molecule has 0 radical (unpaired) electrons. The smallest absolute Gasteiger partial charge is 0 e. The molecule has 0 nitrogen and oxygen atoms in total. The Morgan fingerprint density at radius 3 is 1.43 bits per heavy atom. The number of rotatable bonds is 0. The van der Waals surface area contributed by atoms with Gasteiger partial charge < -0.3 is 0 Å². The van der Waals surface area contributed by atoms with Crippen LogP contribution in [-0.2, 0) is 0 Å². The molecule has 0 N–H and O–H groups in total. The molecule has 7 heavy (non-hydrogen) atoms. The molecule has 42 valence electrons. The van der Waals surface area contributed by atoms with Gasteiger partial charge in [0.2, 0.25) is 0 Å². The van der Waals surface area contributed by atoms with Crippen LogP contribution in [0.4, 0.5) is 0 Å². The zero-order valence-electron chi connectivity index (χ0n) is 4.69. The van der Waals surface area contributed by atoms with Gasteiger partial charge in [-0.1, -0.05) is 25.7 Å². The summed E-state index contributed by atoms with van der Waals surface area (Å²) in [7, 11) is 0. The van der Waals surface area contributed by atoms with E-state index in [1.165, 1.54) is 11.8 Å². The van der Waals surface area contributed by atoms with Crippen molar-refractivity contribution in [2.24, 2.45) is 11.8 Å². The molecule has 2 aliphatic rings. The van der Waals surface area contributed by atoms with Gasteiger partial charge in [0.25, 0.3) is 0 Å². The maximum absolute atomic E-state index is 1.58. The maximum atomic E-state index is 1.58. The van der Waals surface area contributed by atoms with Gasteiger partial charge in [-0.2, -0.15) is 0 Å². The zero-order chi connectivity index (χ0) is 4.69. The van der Waals surface area contributed by atoms with Gasteiger partial charge in [0.05, 0.1) is 0 Å². The van der Waals surface area contributed by atoms with Crippen LogP contribution < -0.4 is 0 Å². The molecule has 0 saturated heterocycles. The third-order valence-electron chi connectivity index (χ3n) is 2.63. The first kappa shape index (κ1) is 3.94. The minimum absolute atomic E-state index is 0. The lowest BCUT2D eigenvalue weighted by atomic mass is 10.0. The van der Waals surface area contributed by atoms with E-state index in [1.807, 2.05) is 0 Å². The van der Waals surface area contributed by atoms with Gasteiger partial charge in [-0.25, -0.2) is 0 Å². The monoisotopic (exact) mass is 99.1 g/mol. The molecule has 2 saturated carbocycles. The molecule has 0 amide bonds. The van der Waals surface area contributed by atoms with Crippen LogP contribution in [-0.4, -0.2) is 0 Å². The first-order valence-electron chi connectivity index (χ1n) is 3.45. The predicted molar refractivity (Wildman–Crippen MR) is 32.2 cm³/mol. The van der Waals surface area contributed by atoms with Crippen molar-refractivity contribution in [3.05, 3.63) is 0 Å². The summed E-state index contributed by atoms with van der Waals surface area (Å²) in [5, 5.41) is 0. The van der Waals surface area contributed by atoms with Crippen molar-refractivity contribution >= 4 is 0 Å². The average molecular weight is 99.2 g/mol. The first-order valence-corrected chi connectivity index (χ1v) is 3.45. The fourth-order valence-electron chi connectivity index (χ4n) is 2.17. The van der Waals surface area contributed by atoms with Crippen molar-refractivity contribution < 1.29 is 1.43 Å². The normalized spacial score (nSPS) is 48.0. The second kappa shape index (κ2) is 1.24. The fourth-order valence-corrected chi connectivity index (χ4v) is 2.17. The van der Waals surface area contributed by atoms with E-state index in [4.69, 9.17) is 0 Å². The van der Waals surface area contributed by atoms with E-state index < -0.39 is 0 Å². The van der Waals surface area contributed by atoms with Gasteiger partial charge in [0.1, 0.15) is 0 Å². The van der Waals surface area contributed by atoms with Gasteiger partial charge in [0.15, 0.2) is 0 Å². The number of hydrogen-bond acceptors (Lipinski definition) is 0.